The molecule has 1 unspecified atom stereocenters. The molecule has 1 aromatic heterocycles. The van der Waals surface area contributed by atoms with Gasteiger partial charge in [0.1, 0.15) is 6.04 Å². The molecule has 3 rings (SSSR count). The summed E-state index contributed by atoms with van der Waals surface area (Å²) in [5.41, 5.74) is 1.36. The highest BCUT2D eigenvalue weighted by atomic mass is 16.2. The molecule has 1 aliphatic rings. The van der Waals surface area contributed by atoms with Gasteiger partial charge in [-0.2, -0.15) is 0 Å². The van der Waals surface area contributed by atoms with E-state index in [-0.39, 0.29) is 11.9 Å². The van der Waals surface area contributed by atoms with E-state index < -0.39 is 6.04 Å². The Morgan fingerprint density at radius 2 is 1.76 bits per heavy atom. The third-order valence-electron chi connectivity index (χ3n) is 3.56. The van der Waals surface area contributed by atoms with Crippen molar-refractivity contribution in [3.63, 3.8) is 0 Å². The van der Waals surface area contributed by atoms with E-state index in [4.69, 9.17) is 0 Å². The van der Waals surface area contributed by atoms with Gasteiger partial charge in [0.2, 0.25) is 0 Å². The molecular weight excluding hydrogens is 266 g/mol. The average molecular weight is 281 g/mol. The highest BCUT2D eigenvalue weighted by Crippen LogP contribution is 2.25. The fourth-order valence-corrected chi connectivity index (χ4v) is 2.39. The van der Waals surface area contributed by atoms with Gasteiger partial charge in [0, 0.05) is 6.20 Å². The van der Waals surface area contributed by atoms with Gasteiger partial charge in [0.25, 0.3) is 5.91 Å². The second-order valence-corrected chi connectivity index (χ2v) is 4.92. The van der Waals surface area contributed by atoms with Crippen LogP contribution < -0.4 is 4.90 Å². The Morgan fingerprint density at radius 1 is 1.05 bits per heavy atom. The number of amides is 3. The molecule has 3 amide bonds. The van der Waals surface area contributed by atoms with Crippen LogP contribution in [0.3, 0.4) is 0 Å². The minimum absolute atomic E-state index is 0.206. The van der Waals surface area contributed by atoms with Crippen LogP contribution in [0.25, 0.3) is 0 Å². The minimum atomic E-state index is -0.486. The number of anilines is 1. The molecule has 106 valence electrons. The molecule has 0 aliphatic carbocycles. The summed E-state index contributed by atoms with van der Waals surface area (Å²) in [4.78, 5) is 31.9. The van der Waals surface area contributed by atoms with Crippen molar-refractivity contribution in [1.82, 2.24) is 9.88 Å². The molecule has 5 nitrogen and oxygen atoms in total. The first-order valence-electron chi connectivity index (χ1n) is 6.78. The molecular formula is C16H15N3O2. The summed E-state index contributed by atoms with van der Waals surface area (Å²) in [5.74, 6) is -0.206. The quantitative estimate of drug-likeness (QED) is 0.812. The molecule has 21 heavy (non-hydrogen) atoms. The number of carbonyl (C=O) groups excluding carboxylic acids is 2. The number of urea groups is 1. The number of hydrogen-bond donors (Lipinski definition) is 0. The Hall–Kier alpha value is -2.69. The highest BCUT2D eigenvalue weighted by Gasteiger charge is 2.43. The van der Waals surface area contributed by atoms with E-state index in [1.807, 2.05) is 36.4 Å². The molecule has 2 heterocycles. The lowest BCUT2D eigenvalue weighted by molar-refractivity contribution is -0.119. The maximum Gasteiger partial charge on any atom is 0.332 e. The predicted octanol–water partition coefficient (Wildman–Crippen LogP) is 2.44. The third kappa shape index (κ3) is 2.38. The van der Waals surface area contributed by atoms with Crippen molar-refractivity contribution in [2.45, 2.75) is 19.5 Å². The van der Waals surface area contributed by atoms with Crippen molar-refractivity contribution >= 4 is 17.6 Å². The van der Waals surface area contributed by atoms with Crippen molar-refractivity contribution in [2.75, 3.05) is 4.90 Å². The summed E-state index contributed by atoms with van der Waals surface area (Å²) in [7, 11) is 0. The summed E-state index contributed by atoms with van der Waals surface area (Å²) in [5, 5.41) is 0. The summed E-state index contributed by atoms with van der Waals surface area (Å²) >= 11 is 0. The van der Waals surface area contributed by atoms with Crippen LogP contribution in [-0.2, 0) is 11.3 Å². The largest absolute Gasteiger partial charge is 0.332 e. The van der Waals surface area contributed by atoms with Gasteiger partial charge in [-0.05, 0) is 31.2 Å². The maximum atomic E-state index is 12.5. The van der Waals surface area contributed by atoms with Crippen LogP contribution in [0, 0.1) is 0 Å². The van der Waals surface area contributed by atoms with Gasteiger partial charge in [-0.25, -0.2) is 9.69 Å². The van der Waals surface area contributed by atoms with Crippen molar-refractivity contribution in [3.05, 3.63) is 60.4 Å². The van der Waals surface area contributed by atoms with E-state index in [9.17, 15) is 9.59 Å². The molecule has 1 fully saturated rings. The SMILES string of the molecule is CC1C(=O)N(c2ccccc2)C(=O)N1Cc1ccccn1. The molecule has 1 aromatic carbocycles. The number of benzene rings is 1. The van der Waals surface area contributed by atoms with Crippen molar-refractivity contribution in [2.24, 2.45) is 0 Å². The first-order valence-corrected chi connectivity index (χ1v) is 6.78. The van der Waals surface area contributed by atoms with Gasteiger partial charge in [0.15, 0.2) is 0 Å². The van der Waals surface area contributed by atoms with Crippen molar-refractivity contribution in [3.8, 4) is 0 Å². The normalized spacial score (nSPS) is 18.4. The van der Waals surface area contributed by atoms with Crippen LogP contribution in [-0.4, -0.2) is 27.9 Å². The van der Waals surface area contributed by atoms with Gasteiger partial charge in [-0.3, -0.25) is 9.78 Å². The Kier molecular flexibility index (Phi) is 3.39. The first-order chi connectivity index (χ1) is 10.2. The Morgan fingerprint density at radius 3 is 2.43 bits per heavy atom. The van der Waals surface area contributed by atoms with E-state index in [0.717, 1.165) is 5.69 Å². The monoisotopic (exact) mass is 281 g/mol. The van der Waals surface area contributed by atoms with Crippen LogP contribution in [0.1, 0.15) is 12.6 Å². The summed E-state index contributed by atoms with van der Waals surface area (Å²) in [6.45, 7) is 2.07. The van der Waals surface area contributed by atoms with Crippen LogP contribution >= 0.6 is 0 Å². The Labute approximate surface area is 122 Å². The van der Waals surface area contributed by atoms with Crippen LogP contribution in [0.15, 0.2) is 54.7 Å². The zero-order valence-electron chi connectivity index (χ0n) is 11.6. The fourth-order valence-electron chi connectivity index (χ4n) is 2.39. The highest BCUT2D eigenvalue weighted by molar-refractivity contribution is 6.21. The first kappa shape index (κ1) is 13.3. The van der Waals surface area contributed by atoms with E-state index in [1.165, 1.54) is 9.80 Å². The second-order valence-electron chi connectivity index (χ2n) is 4.92. The summed E-state index contributed by atoms with van der Waals surface area (Å²) in [6.07, 6.45) is 1.68. The predicted molar refractivity (Wildman–Crippen MR) is 78.6 cm³/mol. The molecule has 0 bridgehead atoms. The molecule has 1 atom stereocenters. The van der Waals surface area contributed by atoms with E-state index in [0.29, 0.717) is 12.2 Å². The van der Waals surface area contributed by atoms with Gasteiger partial charge in [0.05, 0.1) is 17.9 Å². The van der Waals surface area contributed by atoms with E-state index in [2.05, 4.69) is 4.98 Å². The number of imide groups is 1. The molecule has 0 spiro atoms. The number of para-hydroxylation sites is 1. The second kappa shape index (κ2) is 5.36. The standard InChI is InChI=1S/C16H15N3O2/c1-12-15(20)19(14-8-3-2-4-9-14)16(21)18(12)11-13-7-5-6-10-17-13/h2-10,12H,11H2,1H3. The molecule has 0 saturated carbocycles. The van der Waals surface area contributed by atoms with Crippen molar-refractivity contribution in [1.29, 1.82) is 0 Å². The van der Waals surface area contributed by atoms with E-state index in [1.54, 1.807) is 25.3 Å². The van der Waals surface area contributed by atoms with Crippen LogP contribution in [0.2, 0.25) is 0 Å². The zero-order valence-corrected chi connectivity index (χ0v) is 11.6. The fraction of sp³-hybridized carbons (Fsp3) is 0.188. The maximum absolute atomic E-state index is 12.5. The molecule has 5 heteroatoms. The molecule has 0 radical (unpaired) electrons. The zero-order chi connectivity index (χ0) is 14.8. The molecule has 2 aromatic rings. The minimum Gasteiger partial charge on any atom is -0.306 e. The molecule has 1 aliphatic heterocycles. The number of hydrogen-bond acceptors (Lipinski definition) is 3. The number of pyridine rings is 1. The Balaban J connectivity index is 1.87. The molecule has 1 saturated heterocycles. The average Bonchev–Trinajstić information content (AvgIpc) is 2.73. The number of carbonyl (C=O) groups is 2. The number of nitrogens with zero attached hydrogens (tertiary/aromatic N) is 3. The van der Waals surface area contributed by atoms with E-state index >= 15 is 0 Å². The molecule has 0 N–H and O–H groups in total. The Bertz CT molecular complexity index is 658. The smallest absolute Gasteiger partial charge is 0.306 e. The van der Waals surface area contributed by atoms with Crippen LogP contribution in [0.5, 0.6) is 0 Å². The lowest BCUT2D eigenvalue weighted by Gasteiger charge is -2.18. The van der Waals surface area contributed by atoms with Crippen molar-refractivity contribution < 1.29 is 9.59 Å². The van der Waals surface area contributed by atoms with Gasteiger partial charge in [-0.1, -0.05) is 24.3 Å². The van der Waals surface area contributed by atoms with Gasteiger partial charge in [-0.15, -0.1) is 0 Å². The lowest BCUT2D eigenvalue weighted by atomic mass is 10.2. The van der Waals surface area contributed by atoms with Gasteiger partial charge >= 0.3 is 6.03 Å². The summed E-state index contributed by atoms with van der Waals surface area (Å²) < 4.78 is 0. The third-order valence-corrected chi connectivity index (χ3v) is 3.56. The number of aromatic nitrogens is 1. The van der Waals surface area contributed by atoms with Crippen LogP contribution in [0.4, 0.5) is 10.5 Å². The lowest BCUT2D eigenvalue weighted by Crippen LogP contribution is -2.33. The topological polar surface area (TPSA) is 53.5 Å². The summed E-state index contributed by atoms with van der Waals surface area (Å²) in [6, 6.07) is 13.7. The number of rotatable bonds is 3. The van der Waals surface area contributed by atoms with Gasteiger partial charge < -0.3 is 4.90 Å².